The maximum Gasteiger partial charge on any atom is 0.323 e. The fourth-order valence-corrected chi connectivity index (χ4v) is 4.09. The molecule has 0 saturated carbocycles. The largest absolute Gasteiger partial charge is 0.480 e. The molecule has 0 aromatic carbocycles. The number of sulfonamides is 1. The van der Waals surface area contributed by atoms with Crippen LogP contribution >= 0.6 is 0 Å². The van der Waals surface area contributed by atoms with Crippen molar-refractivity contribution in [3.8, 4) is 0 Å². The van der Waals surface area contributed by atoms with Crippen LogP contribution in [0.25, 0.3) is 0 Å². The third-order valence-electron chi connectivity index (χ3n) is 3.31. The van der Waals surface area contributed by atoms with Crippen LogP contribution in [0.2, 0.25) is 0 Å². The highest BCUT2D eigenvalue weighted by molar-refractivity contribution is 7.90. The minimum atomic E-state index is -3.82. The van der Waals surface area contributed by atoms with E-state index in [0.29, 0.717) is 6.42 Å². The lowest BCUT2D eigenvalue weighted by Crippen LogP contribution is -2.55. The van der Waals surface area contributed by atoms with Crippen LogP contribution in [0.15, 0.2) is 0 Å². The summed E-state index contributed by atoms with van der Waals surface area (Å²) in [5, 5.41) is 7.44. The highest BCUT2D eigenvalue weighted by atomic mass is 32.2. The quantitative estimate of drug-likeness (QED) is 0.744. The van der Waals surface area contributed by atoms with E-state index in [9.17, 15) is 13.2 Å². The molecule has 0 aromatic heterocycles. The molecule has 7 heteroatoms. The van der Waals surface area contributed by atoms with E-state index in [4.69, 9.17) is 10.8 Å². The van der Waals surface area contributed by atoms with Gasteiger partial charge in [0, 0.05) is 18.6 Å². The Morgan fingerprint density at radius 1 is 1.53 bits per heavy atom. The van der Waals surface area contributed by atoms with Crippen LogP contribution < -0.4 is 5.73 Å². The summed E-state index contributed by atoms with van der Waals surface area (Å²) in [6, 6.07) is -0.449. The normalized spacial score (nSPS) is 28.9. The van der Waals surface area contributed by atoms with Crippen LogP contribution in [0, 0.1) is 0 Å². The minimum Gasteiger partial charge on any atom is -0.480 e. The molecule has 0 aliphatic carbocycles. The Bertz CT molecular complexity index is 382. The maximum absolute atomic E-state index is 12.2. The van der Waals surface area contributed by atoms with Gasteiger partial charge in [0.05, 0.1) is 0 Å². The Balaban J connectivity index is 3.05. The Morgan fingerprint density at radius 2 is 2.12 bits per heavy atom. The van der Waals surface area contributed by atoms with Crippen LogP contribution in [-0.4, -0.2) is 47.7 Å². The number of aliphatic carboxylic acids is 1. The summed E-state index contributed by atoms with van der Waals surface area (Å²) in [5.41, 5.74) is 5.58. The molecule has 0 aromatic rings. The Morgan fingerprint density at radius 3 is 2.59 bits per heavy atom. The number of nitrogens with zero attached hydrogens (tertiary/aromatic N) is 1. The van der Waals surface area contributed by atoms with E-state index >= 15 is 0 Å². The lowest BCUT2D eigenvalue weighted by Gasteiger charge is -2.39. The highest BCUT2D eigenvalue weighted by Gasteiger charge is 2.41. The lowest BCUT2D eigenvalue weighted by molar-refractivity contribution is -0.136. The molecule has 100 valence electrons. The molecule has 0 radical (unpaired) electrons. The van der Waals surface area contributed by atoms with Crippen LogP contribution in [0.5, 0.6) is 0 Å². The molecule has 17 heavy (non-hydrogen) atoms. The first-order chi connectivity index (χ1) is 7.82. The topological polar surface area (TPSA) is 101 Å². The van der Waals surface area contributed by atoms with Gasteiger partial charge in [-0.2, -0.15) is 4.31 Å². The molecule has 1 aliphatic heterocycles. The van der Waals surface area contributed by atoms with Crippen LogP contribution in [0.4, 0.5) is 0 Å². The van der Waals surface area contributed by atoms with Crippen LogP contribution in [0.1, 0.15) is 33.1 Å². The molecule has 3 N–H and O–H groups in total. The third kappa shape index (κ3) is 2.78. The van der Waals surface area contributed by atoms with Crippen molar-refractivity contribution in [2.45, 2.75) is 50.4 Å². The van der Waals surface area contributed by atoms with Gasteiger partial charge in [-0.1, -0.05) is 6.42 Å². The summed E-state index contributed by atoms with van der Waals surface area (Å²) < 4.78 is 25.7. The van der Waals surface area contributed by atoms with Crippen molar-refractivity contribution in [3.05, 3.63) is 0 Å². The Hall–Kier alpha value is -0.660. The SMILES string of the molecule is CC1CCCC(CN)N1S(=O)(=O)C(C)C(=O)O. The van der Waals surface area contributed by atoms with E-state index in [1.54, 1.807) is 6.92 Å². The van der Waals surface area contributed by atoms with Crippen molar-refractivity contribution in [1.29, 1.82) is 0 Å². The van der Waals surface area contributed by atoms with Gasteiger partial charge in [-0.25, -0.2) is 8.42 Å². The number of rotatable bonds is 4. The Labute approximate surface area is 102 Å². The number of piperidine rings is 1. The van der Waals surface area contributed by atoms with E-state index < -0.39 is 21.2 Å². The maximum atomic E-state index is 12.2. The molecular weight excluding hydrogens is 244 g/mol. The van der Waals surface area contributed by atoms with Crippen LogP contribution in [-0.2, 0) is 14.8 Å². The third-order valence-corrected chi connectivity index (χ3v) is 5.65. The van der Waals surface area contributed by atoms with Crippen molar-refractivity contribution in [2.75, 3.05) is 6.54 Å². The minimum absolute atomic E-state index is 0.177. The average Bonchev–Trinajstić information content (AvgIpc) is 2.26. The van der Waals surface area contributed by atoms with Crippen molar-refractivity contribution < 1.29 is 18.3 Å². The van der Waals surface area contributed by atoms with E-state index in [0.717, 1.165) is 12.8 Å². The van der Waals surface area contributed by atoms with E-state index in [1.807, 2.05) is 0 Å². The standard InChI is InChI=1S/C10H20N2O4S/c1-7-4-3-5-9(6-11)12(7)17(15,16)8(2)10(13)14/h7-9H,3-6,11H2,1-2H3,(H,13,14). The molecule has 0 bridgehead atoms. The van der Waals surface area contributed by atoms with Gasteiger partial charge >= 0.3 is 5.97 Å². The predicted octanol–water partition coefficient (Wildman–Crippen LogP) is -0.00900. The van der Waals surface area contributed by atoms with Gasteiger partial charge in [0.2, 0.25) is 10.0 Å². The number of carbonyl (C=O) groups is 1. The van der Waals surface area contributed by atoms with Crippen molar-refractivity contribution >= 4 is 16.0 Å². The average molecular weight is 264 g/mol. The molecule has 1 fully saturated rings. The van der Waals surface area contributed by atoms with Crippen molar-refractivity contribution in [2.24, 2.45) is 5.73 Å². The highest BCUT2D eigenvalue weighted by Crippen LogP contribution is 2.27. The van der Waals surface area contributed by atoms with E-state index in [1.165, 1.54) is 11.2 Å². The zero-order valence-electron chi connectivity index (χ0n) is 10.2. The molecule has 0 spiro atoms. The number of carboxylic acid groups (broad SMARTS) is 1. The predicted molar refractivity (Wildman–Crippen MR) is 64.0 cm³/mol. The smallest absolute Gasteiger partial charge is 0.323 e. The van der Waals surface area contributed by atoms with E-state index in [2.05, 4.69) is 0 Å². The number of carboxylic acids is 1. The van der Waals surface area contributed by atoms with Gasteiger partial charge in [0.25, 0.3) is 0 Å². The van der Waals surface area contributed by atoms with Crippen molar-refractivity contribution in [3.63, 3.8) is 0 Å². The molecule has 1 heterocycles. The monoisotopic (exact) mass is 264 g/mol. The molecule has 3 unspecified atom stereocenters. The second-order valence-corrected chi connectivity index (χ2v) is 6.68. The van der Waals surface area contributed by atoms with Gasteiger partial charge in [-0.3, -0.25) is 4.79 Å². The number of hydrogen-bond donors (Lipinski definition) is 2. The second kappa shape index (κ2) is 5.32. The number of nitrogens with two attached hydrogens (primary N) is 1. The summed E-state index contributed by atoms with van der Waals surface area (Å²) >= 11 is 0. The number of hydrogen-bond acceptors (Lipinski definition) is 4. The fraction of sp³-hybridized carbons (Fsp3) is 0.900. The molecule has 1 aliphatic rings. The van der Waals surface area contributed by atoms with Gasteiger partial charge in [0.15, 0.2) is 5.25 Å². The van der Waals surface area contributed by atoms with E-state index in [-0.39, 0.29) is 18.6 Å². The fourth-order valence-electron chi connectivity index (χ4n) is 2.25. The Kier molecular flexibility index (Phi) is 4.51. The van der Waals surface area contributed by atoms with Gasteiger partial charge in [0.1, 0.15) is 0 Å². The summed E-state index contributed by atoms with van der Waals surface area (Å²) in [5.74, 6) is -1.32. The summed E-state index contributed by atoms with van der Waals surface area (Å²) in [6.07, 6.45) is 2.38. The van der Waals surface area contributed by atoms with Gasteiger partial charge < -0.3 is 10.8 Å². The van der Waals surface area contributed by atoms with Gasteiger partial charge in [-0.15, -0.1) is 0 Å². The van der Waals surface area contributed by atoms with Gasteiger partial charge in [-0.05, 0) is 26.7 Å². The first-order valence-electron chi connectivity index (χ1n) is 5.77. The molecule has 3 atom stereocenters. The van der Waals surface area contributed by atoms with Crippen molar-refractivity contribution in [1.82, 2.24) is 4.31 Å². The molecule has 1 rings (SSSR count). The molecule has 1 saturated heterocycles. The molecular formula is C10H20N2O4S. The second-order valence-electron chi connectivity index (χ2n) is 4.52. The zero-order valence-corrected chi connectivity index (χ0v) is 11.0. The first-order valence-corrected chi connectivity index (χ1v) is 7.28. The summed E-state index contributed by atoms with van der Waals surface area (Å²) in [6.45, 7) is 3.23. The molecule has 0 amide bonds. The van der Waals surface area contributed by atoms with Crippen LogP contribution in [0.3, 0.4) is 0 Å². The summed E-state index contributed by atoms with van der Waals surface area (Å²) in [7, 11) is -3.82. The first kappa shape index (κ1) is 14.4. The molecule has 6 nitrogen and oxygen atoms in total. The summed E-state index contributed by atoms with van der Waals surface area (Å²) in [4.78, 5) is 10.9. The lowest BCUT2D eigenvalue weighted by atomic mass is 10.00. The zero-order chi connectivity index (χ0) is 13.2.